The van der Waals surface area contributed by atoms with Crippen molar-refractivity contribution in [2.75, 3.05) is 4.72 Å². The van der Waals surface area contributed by atoms with Crippen LogP contribution in [0.1, 0.15) is 17.5 Å². The minimum absolute atomic E-state index is 0.0973. The van der Waals surface area contributed by atoms with Crippen LogP contribution in [0.5, 0.6) is 5.75 Å². The summed E-state index contributed by atoms with van der Waals surface area (Å²) in [6, 6.07) is 4.95. The van der Waals surface area contributed by atoms with Crippen LogP contribution in [0.25, 0.3) is 0 Å². The van der Waals surface area contributed by atoms with Crippen molar-refractivity contribution in [1.82, 2.24) is 4.98 Å². The van der Waals surface area contributed by atoms with Crippen LogP contribution >= 0.6 is 11.3 Å². The molecule has 0 radical (unpaired) electrons. The summed E-state index contributed by atoms with van der Waals surface area (Å²) in [5, 5.41) is 1.34. The van der Waals surface area contributed by atoms with Gasteiger partial charge in [0, 0.05) is 6.42 Å². The zero-order valence-corrected chi connectivity index (χ0v) is 12.7. The van der Waals surface area contributed by atoms with Gasteiger partial charge in [-0.2, -0.15) is 0 Å². The molecule has 3 rings (SSSR count). The number of nitrogens with zero attached hydrogens (tertiary/aromatic N) is 1. The summed E-state index contributed by atoms with van der Waals surface area (Å²) < 4.78 is 32.8. The highest BCUT2D eigenvalue weighted by Gasteiger charge is 2.23. The van der Waals surface area contributed by atoms with Gasteiger partial charge in [-0.05, 0) is 37.6 Å². The van der Waals surface area contributed by atoms with Gasteiger partial charge in [-0.25, -0.2) is 13.4 Å². The molecule has 20 heavy (non-hydrogen) atoms. The maximum atomic E-state index is 12.3. The van der Waals surface area contributed by atoms with Crippen LogP contribution in [0.4, 0.5) is 5.00 Å². The smallest absolute Gasteiger partial charge is 0.262 e. The van der Waals surface area contributed by atoms with E-state index in [1.807, 2.05) is 13.8 Å². The number of aryl methyl sites for hydroxylation is 1. The largest absolute Gasteiger partial charge is 0.490 e. The lowest BCUT2D eigenvalue weighted by molar-refractivity contribution is 0.254. The summed E-state index contributed by atoms with van der Waals surface area (Å²) in [5.41, 5.74) is 0.931. The second-order valence-corrected chi connectivity index (χ2v) is 7.67. The van der Waals surface area contributed by atoms with Crippen LogP contribution < -0.4 is 9.46 Å². The van der Waals surface area contributed by atoms with E-state index in [2.05, 4.69) is 9.71 Å². The maximum absolute atomic E-state index is 12.3. The lowest BCUT2D eigenvalue weighted by Gasteiger charge is -2.07. The van der Waals surface area contributed by atoms with E-state index in [0.29, 0.717) is 5.00 Å². The molecule has 7 heteroatoms. The summed E-state index contributed by atoms with van der Waals surface area (Å²) in [6.45, 7) is 3.79. The van der Waals surface area contributed by atoms with Gasteiger partial charge in [0.05, 0.1) is 16.1 Å². The number of rotatable bonds is 3. The number of aromatic nitrogens is 1. The van der Waals surface area contributed by atoms with Gasteiger partial charge in [-0.15, -0.1) is 11.3 Å². The van der Waals surface area contributed by atoms with Crippen molar-refractivity contribution < 1.29 is 13.2 Å². The fraction of sp³-hybridized carbons (Fsp3) is 0.308. The van der Waals surface area contributed by atoms with Gasteiger partial charge in [0.15, 0.2) is 0 Å². The van der Waals surface area contributed by atoms with E-state index in [1.54, 1.807) is 18.2 Å². The minimum Gasteiger partial charge on any atom is -0.490 e. The number of sulfonamides is 1. The second kappa shape index (κ2) is 4.75. The van der Waals surface area contributed by atoms with E-state index < -0.39 is 10.0 Å². The Morgan fingerprint density at radius 3 is 2.95 bits per heavy atom. The highest BCUT2D eigenvalue weighted by Crippen LogP contribution is 2.31. The Bertz CT molecular complexity index is 753. The van der Waals surface area contributed by atoms with Gasteiger partial charge < -0.3 is 4.74 Å². The molecule has 0 saturated heterocycles. The molecule has 2 aromatic rings. The number of benzene rings is 1. The van der Waals surface area contributed by atoms with Crippen LogP contribution in [0, 0.1) is 6.92 Å². The molecule has 1 N–H and O–H groups in total. The number of thiazole rings is 1. The van der Waals surface area contributed by atoms with Crippen LogP contribution in [0.2, 0.25) is 0 Å². The summed E-state index contributed by atoms with van der Waals surface area (Å²) in [6.07, 6.45) is 2.36. The van der Waals surface area contributed by atoms with Crippen LogP contribution in [-0.4, -0.2) is 19.5 Å². The van der Waals surface area contributed by atoms with E-state index in [-0.39, 0.29) is 11.0 Å². The average Bonchev–Trinajstić information content (AvgIpc) is 2.92. The van der Waals surface area contributed by atoms with Crippen molar-refractivity contribution in [2.45, 2.75) is 31.3 Å². The normalized spacial score (nSPS) is 17.6. The molecule has 0 spiro atoms. The standard InChI is InChI=1S/C13H14N2O3S2/c1-8-5-10-6-11(3-4-12(10)18-8)20(16,17)15-13-7-14-9(2)19-13/h3-4,6-8,15H,5H2,1-2H3. The van der Waals surface area contributed by atoms with Crippen molar-refractivity contribution >= 4 is 26.4 Å². The zero-order valence-electron chi connectivity index (χ0n) is 11.1. The fourth-order valence-corrected chi connectivity index (χ4v) is 4.17. The zero-order chi connectivity index (χ0) is 14.3. The summed E-state index contributed by atoms with van der Waals surface area (Å²) in [4.78, 5) is 4.28. The van der Waals surface area contributed by atoms with Gasteiger partial charge in [0.1, 0.15) is 16.9 Å². The van der Waals surface area contributed by atoms with E-state index in [1.165, 1.54) is 17.5 Å². The second-order valence-electron chi connectivity index (χ2n) is 4.75. The van der Waals surface area contributed by atoms with Crippen molar-refractivity contribution in [3.05, 3.63) is 35.0 Å². The van der Waals surface area contributed by atoms with Crippen LogP contribution in [0.15, 0.2) is 29.3 Å². The SMILES string of the molecule is Cc1ncc(NS(=O)(=O)c2ccc3c(c2)CC(C)O3)s1. The van der Waals surface area contributed by atoms with Crippen LogP contribution in [0.3, 0.4) is 0 Å². The quantitative estimate of drug-likeness (QED) is 0.946. The van der Waals surface area contributed by atoms with E-state index in [4.69, 9.17) is 4.74 Å². The molecule has 0 fully saturated rings. The predicted molar refractivity (Wildman–Crippen MR) is 77.9 cm³/mol. The van der Waals surface area contributed by atoms with E-state index >= 15 is 0 Å². The van der Waals surface area contributed by atoms with Gasteiger partial charge in [-0.1, -0.05) is 0 Å². The maximum Gasteiger partial charge on any atom is 0.262 e. The van der Waals surface area contributed by atoms with Crippen LogP contribution in [-0.2, 0) is 16.4 Å². The first-order valence-electron chi connectivity index (χ1n) is 6.19. The first-order valence-corrected chi connectivity index (χ1v) is 8.49. The third-order valence-corrected chi connectivity index (χ3v) is 5.35. The predicted octanol–water partition coefficient (Wildman–Crippen LogP) is 2.58. The Labute approximate surface area is 121 Å². The lowest BCUT2D eigenvalue weighted by Crippen LogP contribution is -2.12. The molecule has 0 aliphatic carbocycles. The van der Waals surface area contributed by atoms with Gasteiger partial charge >= 0.3 is 0 Å². The molecule has 2 heterocycles. The number of hydrogen-bond donors (Lipinski definition) is 1. The molecule has 1 unspecified atom stereocenters. The molecule has 106 valence electrons. The fourth-order valence-electron chi connectivity index (χ4n) is 2.17. The lowest BCUT2D eigenvalue weighted by atomic mass is 10.1. The summed E-state index contributed by atoms with van der Waals surface area (Å²) in [5.74, 6) is 0.769. The molecular weight excluding hydrogens is 296 g/mol. The van der Waals surface area contributed by atoms with E-state index in [9.17, 15) is 8.42 Å². The summed E-state index contributed by atoms with van der Waals surface area (Å²) in [7, 11) is -3.57. The molecule has 1 aromatic carbocycles. The Hall–Kier alpha value is -1.60. The number of ether oxygens (including phenoxy) is 1. The van der Waals surface area contributed by atoms with Gasteiger partial charge in [0.2, 0.25) is 0 Å². The number of anilines is 1. The van der Waals surface area contributed by atoms with Gasteiger partial charge in [0.25, 0.3) is 10.0 Å². The average molecular weight is 310 g/mol. The molecule has 1 aromatic heterocycles. The number of nitrogens with one attached hydrogen (secondary N) is 1. The first kappa shape index (κ1) is 13.4. The van der Waals surface area contributed by atoms with Gasteiger partial charge in [-0.3, -0.25) is 4.72 Å². The third kappa shape index (κ3) is 2.51. The Kier molecular flexibility index (Phi) is 3.18. The monoisotopic (exact) mass is 310 g/mol. The minimum atomic E-state index is -3.57. The van der Waals surface area contributed by atoms with Crippen molar-refractivity contribution in [1.29, 1.82) is 0 Å². The Morgan fingerprint density at radius 2 is 2.25 bits per heavy atom. The van der Waals surface area contributed by atoms with Crippen molar-refractivity contribution in [3.8, 4) is 5.75 Å². The number of fused-ring (bicyclic) bond motifs is 1. The highest BCUT2D eigenvalue weighted by atomic mass is 32.2. The summed E-state index contributed by atoms with van der Waals surface area (Å²) >= 11 is 1.31. The molecule has 0 saturated carbocycles. The highest BCUT2D eigenvalue weighted by molar-refractivity contribution is 7.93. The molecular formula is C13H14N2O3S2. The molecule has 5 nitrogen and oxygen atoms in total. The topological polar surface area (TPSA) is 68.3 Å². The first-order chi connectivity index (χ1) is 9.44. The van der Waals surface area contributed by atoms with Crippen molar-refractivity contribution in [2.24, 2.45) is 0 Å². The number of hydrogen-bond acceptors (Lipinski definition) is 5. The molecule has 0 amide bonds. The molecule has 1 atom stereocenters. The third-order valence-electron chi connectivity index (χ3n) is 3.03. The molecule has 0 bridgehead atoms. The van der Waals surface area contributed by atoms with E-state index in [0.717, 1.165) is 22.7 Å². The molecule has 1 aliphatic heterocycles. The Morgan fingerprint density at radius 1 is 1.45 bits per heavy atom. The molecule has 1 aliphatic rings. The van der Waals surface area contributed by atoms with Crippen molar-refractivity contribution in [3.63, 3.8) is 0 Å². The Balaban J connectivity index is 1.90.